The summed E-state index contributed by atoms with van der Waals surface area (Å²) < 4.78 is 13.6. The molecule has 0 atom stereocenters. The number of anilines is 1. The average Bonchev–Trinajstić information content (AvgIpc) is 2.43. The number of carbonyl (C=O) groups excluding carboxylic acids is 1. The Hall–Kier alpha value is -1.58. The Bertz CT molecular complexity index is 596. The molecule has 98 valence electrons. The van der Waals surface area contributed by atoms with Crippen molar-refractivity contribution in [2.45, 2.75) is 5.88 Å². The third-order valence-corrected chi connectivity index (χ3v) is 3.17. The molecule has 2 rings (SSSR count). The van der Waals surface area contributed by atoms with Gasteiger partial charge in [-0.05, 0) is 29.8 Å². The quantitative estimate of drug-likeness (QED) is 0.832. The predicted molar refractivity (Wildman–Crippen MR) is 75.4 cm³/mol. The second-order valence-electron chi connectivity index (χ2n) is 3.88. The minimum atomic E-state index is -0.575. The van der Waals surface area contributed by atoms with Crippen LogP contribution in [0.3, 0.4) is 0 Å². The van der Waals surface area contributed by atoms with Gasteiger partial charge in [0.25, 0.3) is 5.91 Å². The second-order valence-corrected chi connectivity index (χ2v) is 4.56. The fraction of sp³-hybridized carbons (Fsp3) is 0.0714. The molecule has 0 aromatic heterocycles. The van der Waals surface area contributed by atoms with Crippen molar-refractivity contribution in [3.63, 3.8) is 0 Å². The van der Waals surface area contributed by atoms with E-state index in [1.54, 1.807) is 24.3 Å². The number of para-hydroxylation sites is 1. The molecule has 1 N–H and O–H groups in total. The standard InChI is InChI=1S/C14H10Cl2FNO/c15-8-9-3-1-4-10(7-9)14(19)18-13-11(16)5-2-6-12(13)17/h1-7H,8H2,(H,18,19). The van der Waals surface area contributed by atoms with E-state index < -0.39 is 11.7 Å². The van der Waals surface area contributed by atoms with Gasteiger partial charge in [-0.3, -0.25) is 4.79 Å². The maximum absolute atomic E-state index is 13.6. The van der Waals surface area contributed by atoms with Crippen LogP contribution < -0.4 is 5.32 Å². The SMILES string of the molecule is O=C(Nc1c(F)cccc1Cl)c1cccc(CCl)c1. The van der Waals surface area contributed by atoms with Crippen molar-refractivity contribution < 1.29 is 9.18 Å². The van der Waals surface area contributed by atoms with Crippen molar-refractivity contribution in [2.75, 3.05) is 5.32 Å². The van der Waals surface area contributed by atoms with E-state index >= 15 is 0 Å². The van der Waals surface area contributed by atoms with Gasteiger partial charge in [0.1, 0.15) is 5.82 Å². The number of halogens is 3. The fourth-order valence-electron chi connectivity index (χ4n) is 1.60. The van der Waals surface area contributed by atoms with Gasteiger partial charge in [0.2, 0.25) is 0 Å². The molecule has 1 amide bonds. The van der Waals surface area contributed by atoms with Crippen LogP contribution >= 0.6 is 23.2 Å². The monoisotopic (exact) mass is 297 g/mol. The molecule has 19 heavy (non-hydrogen) atoms. The zero-order valence-corrected chi connectivity index (χ0v) is 11.3. The lowest BCUT2D eigenvalue weighted by atomic mass is 10.1. The smallest absolute Gasteiger partial charge is 0.255 e. The van der Waals surface area contributed by atoms with E-state index in [4.69, 9.17) is 23.2 Å². The zero-order chi connectivity index (χ0) is 13.8. The fourth-order valence-corrected chi connectivity index (χ4v) is 1.98. The van der Waals surface area contributed by atoms with E-state index in [0.29, 0.717) is 11.4 Å². The Labute approximate surface area is 120 Å². The number of alkyl halides is 1. The third kappa shape index (κ3) is 3.25. The van der Waals surface area contributed by atoms with Crippen LogP contribution in [0.25, 0.3) is 0 Å². The van der Waals surface area contributed by atoms with Crippen LogP contribution in [0.15, 0.2) is 42.5 Å². The van der Waals surface area contributed by atoms with E-state index in [1.165, 1.54) is 18.2 Å². The summed E-state index contributed by atoms with van der Waals surface area (Å²) in [6.07, 6.45) is 0. The number of nitrogens with one attached hydrogen (secondary N) is 1. The summed E-state index contributed by atoms with van der Waals surface area (Å²) >= 11 is 11.5. The minimum absolute atomic E-state index is 0.0227. The molecule has 0 spiro atoms. The molecule has 0 bridgehead atoms. The lowest BCUT2D eigenvalue weighted by Gasteiger charge is -2.08. The molecule has 2 nitrogen and oxygen atoms in total. The molecule has 0 heterocycles. The van der Waals surface area contributed by atoms with Crippen molar-refractivity contribution >= 4 is 34.8 Å². The average molecular weight is 298 g/mol. The maximum Gasteiger partial charge on any atom is 0.255 e. The van der Waals surface area contributed by atoms with E-state index in [1.807, 2.05) is 0 Å². The zero-order valence-electron chi connectivity index (χ0n) is 9.79. The Morgan fingerprint density at radius 1 is 1.21 bits per heavy atom. The van der Waals surface area contributed by atoms with Crippen LogP contribution in [-0.4, -0.2) is 5.91 Å². The summed E-state index contributed by atoms with van der Waals surface area (Å²) in [5, 5.41) is 2.61. The Balaban J connectivity index is 2.25. The first-order chi connectivity index (χ1) is 9.11. The molecule has 0 unspecified atom stereocenters. The number of hydrogen-bond donors (Lipinski definition) is 1. The van der Waals surface area contributed by atoms with Gasteiger partial charge in [-0.2, -0.15) is 0 Å². The summed E-state index contributed by atoms with van der Waals surface area (Å²) in [6.45, 7) is 0. The highest BCUT2D eigenvalue weighted by molar-refractivity contribution is 6.34. The van der Waals surface area contributed by atoms with Crippen LogP contribution in [0.5, 0.6) is 0 Å². The molecule has 0 saturated carbocycles. The Kier molecular flexibility index (Phi) is 4.40. The topological polar surface area (TPSA) is 29.1 Å². The predicted octanol–water partition coefficient (Wildman–Crippen LogP) is 4.47. The van der Waals surface area contributed by atoms with Crippen LogP contribution in [0.4, 0.5) is 10.1 Å². The van der Waals surface area contributed by atoms with E-state index in [9.17, 15) is 9.18 Å². The van der Waals surface area contributed by atoms with Gasteiger partial charge in [-0.15, -0.1) is 11.6 Å². The van der Waals surface area contributed by atoms with Gasteiger partial charge in [0.05, 0.1) is 10.7 Å². The van der Waals surface area contributed by atoms with Gasteiger partial charge in [0, 0.05) is 11.4 Å². The lowest BCUT2D eigenvalue weighted by molar-refractivity contribution is 0.102. The third-order valence-electron chi connectivity index (χ3n) is 2.54. The first-order valence-electron chi connectivity index (χ1n) is 5.52. The Morgan fingerprint density at radius 3 is 2.63 bits per heavy atom. The van der Waals surface area contributed by atoms with Gasteiger partial charge in [-0.1, -0.05) is 29.8 Å². The minimum Gasteiger partial charge on any atom is -0.318 e. The van der Waals surface area contributed by atoms with Crippen LogP contribution in [0.1, 0.15) is 15.9 Å². The summed E-state index contributed by atoms with van der Waals surface area (Å²) in [4.78, 5) is 12.0. The van der Waals surface area contributed by atoms with Gasteiger partial charge < -0.3 is 5.32 Å². The van der Waals surface area contributed by atoms with Crippen molar-refractivity contribution in [3.8, 4) is 0 Å². The molecule has 0 aliphatic rings. The van der Waals surface area contributed by atoms with Crippen LogP contribution in [0.2, 0.25) is 5.02 Å². The van der Waals surface area contributed by atoms with Gasteiger partial charge >= 0.3 is 0 Å². The second kappa shape index (κ2) is 6.04. The van der Waals surface area contributed by atoms with Gasteiger partial charge in [0.15, 0.2) is 0 Å². The molecule has 0 aliphatic heterocycles. The number of amides is 1. The molecule has 0 aliphatic carbocycles. The molecule has 2 aromatic rings. The van der Waals surface area contributed by atoms with E-state index in [2.05, 4.69) is 5.32 Å². The summed E-state index contributed by atoms with van der Waals surface area (Å²) in [7, 11) is 0. The molecule has 5 heteroatoms. The van der Waals surface area contributed by atoms with E-state index in [0.717, 1.165) is 5.56 Å². The maximum atomic E-state index is 13.6. The van der Waals surface area contributed by atoms with Crippen molar-refractivity contribution in [3.05, 3.63) is 64.4 Å². The number of carbonyl (C=O) groups is 1. The van der Waals surface area contributed by atoms with Gasteiger partial charge in [-0.25, -0.2) is 4.39 Å². The summed E-state index contributed by atoms with van der Waals surface area (Å²) in [6, 6.07) is 11.0. The van der Waals surface area contributed by atoms with Crippen LogP contribution in [-0.2, 0) is 5.88 Å². The van der Waals surface area contributed by atoms with Crippen molar-refractivity contribution in [1.82, 2.24) is 0 Å². The highest BCUT2D eigenvalue weighted by atomic mass is 35.5. The molecule has 2 aromatic carbocycles. The van der Waals surface area contributed by atoms with Crippen molar-refractivity contribution in [2.24, 2.45) is 0 Å². The first kappa shape index (κ1) is 13.8. The Morgan fingerprint density at radius 2 is 1.95 bits per heavy atom. The normalized spacial score (nSPS) is 10.3. The van der Waals surface area contributed by atoms with E-state index in [-0.39, 0.29) is 10.7 Å². The summed E-state index contributed by atoms with van der Waals surface area (Å²) in [5.74, 6) is -0.699. The first-order valence-corrected chi connectivity index (χ1v) is 6.43. The largest absolute Gasteiger partial charge is 0.318 e. The highest BCUT2D eigenvalue weighted by Gasteiger charge is 2.12. The lowest BCUT2D eigenvalue weighted by Crippen LogP contribution is -2.13. The number of benzene rings is 2. The van der Waals surface area contributed by atoms with Crippen LogP contribution in [0, 0.1) is 5.82 Å². The molecule has 0 radical (unpaired) electrons. The molecule has 0 fully saturated rings. The molecular weight excluding hydrogens is 288 g/mol. The van der Waals surface area contributed by atoms with Crippen molar-refractivity contribution in [1.29, 1.82) is 0 Å². The highest BCUT2D eigenvalue weighted by Crippen LogP contribution is 2.25. The molecule has 0 saturated heterocycles. The summed E-state index contributed by atoms with van der Waals surface area (Å²) in [5.41, 5.74) is 1.19. The number of hydrogen-bond acceptors (Lipinski definition) is 1. The molecular formula is C14H10Cl2FNO. The number of rotatable bonds is 3.